The highest BCUT2D eigenvalue weighted by Crippen LogP contribution is 2.36. The molecule has 2 aromatic carbocycles. The van der Waals surface area contributed by atoms with Gasteiger partial charge in [-0.25, -0.2) is 4.98 Å². The van der Waals surface area contributed by atoms with Crippen molar-refractivity contribution in [3.8, 4) is 17.2 Å². The molecule has 3 rings (SSSR count). The van der Waals surface area contributed by atoms with Crippen molar-refractivity contribution in [1.29, 1.82) is 0 Å². The van der Waals surface area contributed by atoms with Crippen LogP contribution in [0.3, 0.4) is 0 Å². The highest BCUT2D eigenvalue weighted by molar-refractivity contribution is 6.31. The van der Waals surface area contributed by atoms with E-state index in [-0.39, 0.29) is 5.75 Å². The van der Waals surface area contributed by atoms with E-state index in [1.807, 2.05) is 18.2 Å². The largest absolute Gasteiger partial charge is 0.493 e. The van der Waals surface area contributed by atoms with Crippen LogP contribution >= 0.6 is 11.6 Å². The molecule has 1 aromatic heterocycles. The van der Waals surface area contributed by atoms with Gasteiger partial charge in [0.2, 0.25) is 0 Å². The van der Waals surface area contributed by atoms with Gasteiger partial charge in [-0.15, -0.1) is 0 Å². The zero-order valence-corrected chi connectivity index (χ0v) is 16.8. The van der Waals surface area contributed by atoms with Crippen molar-refractivity contribution in [2.45, 2.75) is 13.8 Å². The number of benzene rings is 2. The third-order valence-corrected chi connectivity index (χ3v) is 4.12. The minimum Gasteiger partial charge on any atom is -0.493 e. The van der Waals surface area contributed by atoms with E-state index in [9.17, 15) is 9.59 Å². The van der Waals surface area contributed by atoms with Gasteiger partial charge < -0.3 is 14.2 Å². The predicted octanol–water partition coefficient (Wildman–Crippen LogP) is 4.92. The van der Waals surface area contributed by atoms with Crippen molar-refractivity contribution >= 4 is 46.6 Å². The maximum absolute atomic E-state index is 11.5. The molecule has 0 N–H and O–H groups in total. The Bertz CT molecular complexity index is 1120. The van der Waals surface area contributed by atoms with Crippen LogP contribution < -0.4 is 14.2 Å². The first-order chi connectivity index (χ1) is 13.9. The Morgan fingerprint density at radius 2 is 1.72 bits per heavy atom. The summed E-state index contributed by atoms with van der Waals surface area (Å²) in [6, 6.07) is 12.3. The number of carbonyl (C=O) groups is 2. The SMILES string of the molecule is COc1cc(Cl)cc(C=Cc2ccc3cccc(OC(C)=O)c3n2)c1OC(C)=O. The van der Waals surface area contributed by atoms with Crippen LogP contribution in [0.4, 0.5) is 0 Å². The molecule has 0 radical (unpaired) electrons. The number of methoxy groups -OCH3 is 1. The van der Waals surface area contributed by atoms with Crippen LogP contribution in [0.25, 0.3) is 23.1 Å². The fraction of sp³-hybridized carbons (Fsp3) is 0.136. The summed E-state index contributed by atoms with van der Waals surface area (Å²) < 4.78 is 15.8. The van der Waals surface area contributed by atoms with Gasteiger partial charge in [-0.05, 0) is 30.4 Å². The lowest BCUT2D eigenvalue weighted by molar-refractivity contribution is -0.132. The number of halogens is 1. The Balaban J connectivity index is 2.03. The monoisotopic (exact) mass is 411 g/mol. The maximum atomic E-state index is 11.5. The molecule has 0 atom stereocenters. The van der Waals surface area contributed by atoms with Crippen LogP contribution in [0, 0.1) is 0 Å². The number of nitrogens with zero attached hydrogens (tertiary/aromatic N) is 1. The fourth-order valence-corrected chi connectivity index (χ4v) is 2.97. The maximum Gasteiger partial charge on any atom is 0.308 e. The average molecular weight is 412 g/mol. The molecule has 0 saturated heterocycles. The molecule has 0 aliphatic heterocycles. The van der Waals surface area contributed by atoms with Crippen molar-refractivity contribution in [3.05, 3.63) is 58.7 Å². The van der Waals surface area contributed by atoms with Crippen LogP contribution in [-0.2, 0) is 9.59 Å². The van der Waals surface area contributed by atoms with Crippen molar-refractivity contribution in [2.75, 3.05) is 7.11 Å². The summed E-state index contributed by atoms with van der Waals surface area (Å²) in [5.74, 6) is 0.0979. The Morgan fingerprint density at radius 3 is 2.41 bits per heavy atom. The zero-order valence-electron chi connectivity index (χ0n) is 16.1. The molecule has 0 fully saturated rings. The number of para-hydroxylation sites is 1. The molecule has 0 unspecified atom stereocenters. The quantitative estimate of drug-likeness (QED) is 0.438. The summed E-state index contributed by atoms with van der Waals surface area (Å²) in [6.07, 6.45) is 3.46. The molecule has 1 heterocycles. The number of esters is 2. The van der Waals surface area contributed by atoms with Crippen molar-refractivity contribution < 1.29 is 23.8 Å². The van der Waals surface area contributed by atoms with E-state index in [2.05, 4.69) is 4.98 Å². The number of pyridine rings is 1. The third-order valence-electron chi connectivity index (χ3n) is 3.91. The molecular weight excluding hydrogens is 394 g/mol. The summed E-state index contributed by atoms with van der Waals surface area (Å²) in [5, 5.41) is 1.27. The van der Waals surface area contributed by atoms with Gasteiger partial charge in [-0.1, -0.05) is 29.8 Å². The first kappa shape index (κ1) is 20.4. The van der Waals surface area contributed by atoms with Crippen molar-refractivity contribution in [3.63, 3.8) is 0 Å². The van der Waals surface area contributed by atoms with E-state index < -0.39 is 11.9 Å². The third kappa shape index (κ3) is 4.92. The van der Waals surface area contributed by atoms with Gasteiger partial charge in [0, 0.05) is 35.9 Å². The number of carbonyl (C=O) groups excluding carboxylic acids is 2. The number of hydrogen-bond acceptors (Lipinski definition) is 6. The summed E-state index contributed by atoms with van der Waals surface area (Å²) in [4.78, 5) is 27.4. The highest BCUT2D eigenvalue weighted by Gasteiger charge is 2.13. The minimum atomic E-state index is -0.477. The highest BCUT2D eigenvalue weighted by atomic mass is 35.5. The predicted molar refractivity (Wildman–Crippen MR) is 111 cm³/mol. The lowest BCUT2D eigenvalue weighted by Gasteiger charge is -2.11. The van der Waals surface area contributed by atoms with Gasteiger partial charge in [0.1, 0.15) is 5.52 Å². The molecule has 0 amide bonds. The van der Waals surface area contributed by atoms with E-state index in [4.69, 9.17) is 25.8 Å². The van der Waals surface area contributed by atoms with Crippen LogP contribution in [0.15, 0.2) is 42.5 Å². The first-order valence-electron chi connectivity index (χ1n) is 8.69. The lowest BCUT2D eigenvalue weighted by Crippen LogP contribution is -2.04. The second-order valence-corrected chi connectivity index (χ2v) is 6.55. The van der Waals surface area contributed by atoms with Gasteiger partial charge in [0.25, 0.3) is 0 Å². The summed E-state index contributed by atoms with van der Waals surface area (Å²) >= 11 is 6.15. The summed E-state index contributed by atoms with van der Waals surface area (Å²) in [6.45, 7) is 2.65. The topological polar surface area (TPSA) is 74.7 Å². The van der Waals surface area contributed by atoms with E-state index in [0.29, 0.717) is 33.3 Å². The first-order valence-corrected chi connectivity index (χ1v) is 9.07. The van der Waals surface area contributed by atoms with Crippen LogP contribution in [0.1, 0.15) is 25.1 Å². The summed E-state index contributed by atoms with van der Waals surface area (Å²) in [5.41, 5.74) is 1.73. The van der Waals surface area contributed by atoms with Crippen molar-refractivity contribution in [2.24, 2.45) is 0 Å². The van der Waals surface area contributed by atoms with E-state index in [1.54, 1.807) is 36.4 Å². The average Bonchev–Trinajstić information content (AvgIpc) is 2.67. The Morgan fingerprint density at radius 1 is 0.966 bits per heavy atom. The normalized spacial score (nSPS) is 10.9. The standard InChI is InChI=1S/C22H18ClNO5/c1-13(25)28-19-6-4-5-15-7-9-18(24-21(15)19)10-8-16-11-17(23)12-20(27-3)22(16)29-14(2)26/h4-12H,1-3H3. The molecule has 0 aliphatic rings. The van der Waals surface area contributed by atoms with Crippen LogP contribution in [0.2, 0.25) is 5.02 Å². The van der Waals surface area contributed by atoms with E-state index in [0.717, 1.165) is 5.39 Å². The molecule has 7 heteroatoms. The molecular formula is C22H18ClNO5. The Hall–Kier alpha value is -3.38. The Labute approximate surface area is 172 Å². The molecule has 6 nitrogen and oxygen atoms in total. The number of rotatable bonds is 5. The van der Waals surface area contributed by atoms with Gasteiger partial charge >= 0.3 is 11.9 Å². The number of ether oxygens (including phenoxy) is 3. The molecule has 3 aromatic rings. The molecule has 148 valence electrons. The van der Waals surface area contributed by atoms with Crippen LogP contribution in [-0.4, -0.2) is 24.0 Å². The summed E-state index contributed by atoms with van der Waals surface area (Å²) in [7, 11) is 1.47. The van der Waals surface area contributed by atoms with Gasteiger partial charge in [0.05, 0.1) is 12.8 Å². The van der Waals surface area contributed by atoms with Gasteiger partial charge in [-0.2, -0.15) is 0 Å². The molecule has 0 saturated carbocycles. The number of hydrogen-bond donors (Lipinski definition) is 0. The molecule has 0 spiro atoms. The Kier molecular flexibility index (Phi) is 6.14. The van der Waals surface area contributed by atoms with E-state index >= 15 is 0 Å². The zero-order chi connectivity index (χ0) is 21.0. The van der Waals surface area contributed by atoms with E-state index in [1.165, 1.54) is 21.0 Å². The minimum absolute atomic E-state index is 0.266. The van der Waals surface area contributed by atoms with Crippen molar-refractivity contribution in [1.82, 2.24) is 4.98 Å². The molecule has 0 aliphatic carbocycles. The lowest BCUT2D eigenvalue weighted by atomic mass is 10.1. The molecule has 0 bridgehead atoms. The number of aromatic nitrogens is 1. The smallest absolute Gasteiger partial charge is 0.308 e. The van der Waals surface area contributed by atoms with Gasteiger partial charge in [-0.3, -0.25) is 9.59 Å². The van der Waals surface area contributed by atoms with Gasteiger partial charge in [0.15, 0.2) is 17.2 Å². The molecule has 29 heavy (non-hydrogen) atoms. The second kappa shape index (κ2) is 8.75. The van der Waals surface area contributed by atoms with Crippen LogP contribution in [0.5, 0.6) is 17.2 Å². The number of fused-ring (bicyclic) bond motifs is 1. The fourth-order valence-electron chi connectivity index (χ4n) is 2.76. The second-order valence-electron chi connectivity index (χ2n) is 6.11.